The van der Waals surface area contributed by atoms with Crippen molar-refractivity contribution in [3.63, 3.8) is 0 Å². The summed E-state index contributed by atoms with van der Waals surface area (Å²) < 4.78 is 11.3. The number of aryl methyl sites for hydroxylation is 1. The number of carbonyl (C=O) groups is 4. The number of allylic oxidation sites excluding steroid dienone is 6. The predicted molar refractivity (Wildman–Crippen MR) is 217 cm³/mol. The van der Waals surface area contributed by atoms with Gasteiger partial charge in [-0.2, -0.15) is 0 Å². The van der Waals surface area contributed by atoms with Gasteiger partial charge in [0, 0.05) is 42.6 Å². The molecule has 0 spiro atoms. The molecule has 310 valence electrons. The lowest BCUT2D eigenvalue weighted by molar-refractivity contribution is -0.156. The number of ether oxygens (including phenoxy) is 2. The fraction of sp³-hybridized carbons (Fsp3) is 0.617. The maximum atomic E-state index is 13.9. The minimum absolute atomic E-state index is 0.0323. The predicted octanol–water partition coefficient (Wildman–Crippen LogP) is 7.06. The highest BCUT2D eigenvalue weighted by atomic mass is 16.7. The molecule has 4 N–H and O–H groups in total. The molecule has 0 heterocycles. The quantitative estimate of drug-likeness (QED) is 0.0782. The van der Waals surface area contributed by atoms with Crippen molar-refractivity contribution in [3.05, 3.63) is 83.5 Å². The van der Waals surface area contributed by atoms with Crippen LogP contribution in [0.5, 0.6) is 0 Å². The van der Waals surface area contributed by atoms with E-state index in [0.717, 1.165) is 37.7 Å². The smallest absolute Gasteiger partial charge is 0.427 e. The van der Waals surface area contributed by atoms with Crippen molar-refractivity contribution in [2.75, 3.05) is 13.2 Å². The van der Waals surface area contributed by atoms with Crippen LogP contribution in [0.25, 0.3) is 0 Å². The van der Waals surface area contributed by atoms with E-state index in [9.17, 15) is 34.5 Å². The van der Waals surface area contributed by atoms with E-state index >= 15 is 0 Å². The van der Waals surface area contributed by atoms with E-state index in [0.29, 0.717) is 57.9 Å². The number of ketones is 2. The zero-order valence-corrected chi connectivity index (χ0v) is 34.0. The molecule has 10 atom stereocenters. The van der Waals surface area contributed by atoms with E-state index in [2.05, 4.69) is 18.3 Å². The lowest BCUT2D eigenvalue weighted by atomic mass is 9.50. The van der Waals surface area contributed by atoms with Crippen molar-refractivity contribution in [1.29, 1.82) is 0 Å². The number of amides is 1. The summed E-state index contributed by atoms with van der Waals surface area (Å²) in [6, 6.07) is 9.80. The first-order valence-corrected chi connectivity index (χ1v) is 21.3. The third kappa shape index (κ3) is 9.23. The number of aliphatic hydroxyl groups is 3. The van der Waals surface area contributed by atoms with Crippen LogP contribution < -0.4 is 5.32 Å². The van der Waals surface area contributed by atoms with Gasteiger partial charge in [0.05, 0.1) is 12.2 Å². The number of benzene rings is 1. The molecule has 1 amide bonds. The molecular weight excluding hydrogens is 723 g/mol. The van der Waals surface area contributed by atoms with Crippen LogP contribution in [0.2, 0.25) is 0 Å². The molecule has 57 heavy (non-hydrogen) atoms. The summed E-state index contributed by atoms with van der Waals surface area (Å²) in [6.45, 7) is 6.15. The molecule has 5 aliphatic carbocycles. The highest BCUT2D eigenvalue weighted by molar-refractivity contribution is 5.92. The van der Waals surface area contributed by atoms with E-state index in [1.165, 1.54) is 11.1 Å². The van der Waals surface area contributed by atoms with Crippen LogP contribution in [-0.2, 0) is 30.3 Å². The Morgan fingerprint density at radius 2 is 1.82 bits per heavy atom. The number of fused-ring (bicyclic) bond motifs is 5. The number of rotatable bonds is 16. The molecular formula is C47H63NO9. The van der Waals surface area contributed by atoms with Gasteiger partial charge in [0.15, 0.2) is 12.4 Å². The van der Waals surface area contributed by atoms with Gasteiger partial charge in [-0.15, -0.1) is 0 Å². The Hall–Kier alpha value is -3.86. The number of nitrogens with one attached hydrogen (secondary N) is 1. The Morgan fingerprint density at radius 1 is 1.04 bits per heavy atom. The van der Waals surface area contributed by atoms with Gasteiger partial charge in [0.1, 0.15) is 11.7 Å². The third-order valence-electron chi connectivity index (χ3n) is 14.3. The molecule has 0 aliphatic heterocycles. The van der Waals surface area contributed by atoms with Crippen molar-refractivity contribution in [1.82, 2.24) is 5.32 Å². The van der Waals surface area contributed by atoms with Gasteiger partial charge in [0.25, 0.3) is 0 Å². The molecule has 5 aliphatic rings. The number of hydrogen-bond acceptors (Lipinski definition) is 9. The molecule has 3 saturated carbocycles. The minimum atomic E-state index is -1.65. The number of aliphatic hydroxyl groups excluding tert-OH is 2. The molecule has 6 rings (SSSR count). The fourth-order valence-electron chi connectivity index (χ4n) is 10.9. The summed E-state index contributed by atoms with van der Waals surface area (Å²) in [6.07, 6.45) is 16.8. The van der Waals surface area contributed by atoms with E-state index in [4.69, 9.17) is 9.47 Å². The van der Waals surface area contributed by atoms with Gasteiger partial charge < -0.3 is 30.1 Å². The monoisotopic (exact) mass is 785 g/mol. The van der Waals surface area contributed by atoms with Crippen LogP contribution in [0.15, 0.2) is 77.9 Å². The van der Waals surface area contributed by atoms with E-state index in [1.54, 1.807) is 6.08 Å². The van der Waals surface area contributed by atoms with E-state index in [-0.39, 0.29) is 47.2 Å². The highest BCUT2D eigenvalue weighted by Gasteiger charge is 2.64. The molecule has 10 nitrogen and oxygen atoms in total. The van der Waals surface area contributed by atoms with Gasteiger partial charge >= 0.3 is 6.16 Å². The number of carbonyl (C=O) groups excluding carboxylic acids is 4. The first kappa shape index (κ1) is 42.7. The first-order chi connectivity index (χ1) is 27.3. The van der Waals surface area contributed by atoms with Crippen molar-refractivity contribution in [2.24, 2.45) is 34.5 Å². The molecule has 0 aromatic heterocycles. The van der Waals surface area contributed by atoms with Crippen LogP contribution in [0.4, 0.5) is 4.79 Å². The Labute approximate surface area is 337 Å². The average molecular weight is 786 g/mol. The van der Waals surface area contributed by atoms with Gasteiger partial charge in [0.2, 0.25) is 11.7 Å². The molecule has 1 aromatic carbocycles. The maximum absolute atomic E-state index is 13.9. The standard InChI is InChI=1S/C47H63NO9/c1-4-48-43(53)15-11-6-5-10-14-35-36(41(51)29-40(35)50)21-19-34(18-16-31-12-8-7-9-13-31)57-44(54)56-30-42(52)47(55)27-24-39-37-20-17-32-28-33(49)22-25-45(32,2)38(37)23-26-46(39,47)3/h5,7-10,12-13,19,21,23,28,34-37,39-41,50-51,55H,4,6,11,14-18,20,22,24-27,29-30H2,1-3H3,(H,48,53)/b10-5-,21-19+/t34-,35+,36+,37+,39-,40-,41+,45-,46-,47-/m0/s1. The van der Waals surface area contributed by atoms with Crippen LogP contribution in [0.1, 0.15) is 110 Å². The van der Waals surface area contributed by atoms with Crippen LogP contribution in [0, 0.1) is 34.5 Å². The zero-order valence-electron chi connectivity index (χ0n) is 34.0. The van der Waals surface area contributed by atoms with Crippen LogP contribution in [-0.4, -0.2) is 76.0 Å². The third-order valence-corrected chi connectivity index (χ3v) is 14.3. The summed E-state index contributed by atoms with van der Waals surface area (Å²) in [7, 11) is 0. The van der Waals surface area contributed by atoms with Crippen LogP contribution >= 0.6 is 0 Å². The number of unbranched alkanes of at least 4 members (excludes halogenated alkanes) is 1. The molecule has 1 aromatic rings. The van der Waals surface area contributed by atoms with E-state index < -0.39 is 47.9 Å². The topological polar surface area (TPSA) is 159 Å². The molecule has 0 radical (unpaired) electrons. The van der Waals surface area contributed by atoms with Crippen LogP contribution in [0.3, 0.4) is 0 Å². The SMILES string of the molecule is CCNC(=O)CCC/C=C\C[C@@H]1[C@@H](/C=C/[C@H](CCc2ccccc2)OC(=O)OCC(=O)[C@@]2(O)CC[C@H]3[C@@H]4CCC5=CC(=O)CC[C@]5(C)C4=CC[C@@]32C)[C@H](O)C[C@@H]1O. The van der Waals surface area contributed by atoms with Crippen molar-refractivity contribution < 1.29 is 44.0 Å². The fourth-order valence-corrected chi connectivity index (χ4v) is 10.9. The van der Waals surface area contributed by atoms with Crippen molar-refractivity contribution in [3.8, 4) is 0 Å². The lowest BCUT2D eigenvalue weighted by Gasteiger charge is -2.54. The Balaban J connectivity index is 1.08. The van der Waals surface area contributed by atoms with E-state index in [1.807, 2.05) is 68.5 Å². The van der Waals surface area contributed by atoms with Gasteiger partial charge in [-0.05, 0) is 113 Å². The van der Waals surface area contributed by atoms with Crippen molar-refractivity contribution in [2.45, 2.75) is 135 Å². The van der Waals surface area contributed by atoms with Gasteiger partial charge in [-0.25, -0.2) is 4.79 Å². The summed E-state index contributed by atoms with van der Waals surface area (Å²) in [4.78, 5) is 51.1. The molecule has 0 bridgehead atoms. The van der Waals surface area contributed by atoms with Gasteiger partial charge in [-0.1, -0.05) is 79.6 Å². The first-order valence-electron chi connectivity index (χ1n) is 21.3. The second-order valence-corrected chi connectivity index (χ2v) is 17.6. The average Bonchev–Trinajstić information content (AvgIpc) is 3.63. The number of Topliss-reactive ketones (excluding diaryl/α,β-unsaturated/α-hetero) is 1. The zero-order chi connectivity index (χ0) is 40.8. The summed E-state index contributed by atoms with van der Waals surface area (Å²) in [5, 5.41) is 36.6. The second kappa shape index (κ2) is 18.4. The Bertz CT molecular complexity index is 1750. The summed E-state index contributed by atoms with van der Waals surface area (Å²) >= 11 is 0. The second-order valence-electron chi connectivity index (χ2n) is 17.6. The Kier molecular flexibility index (Phi) is 13.8. The molecule has 3 fully saturated rings. The summed E-state index contributed by atoms with van der Waals surface area (Å²) in [5.41, 5.74) is 1.11. The highest BCUT2D eigenvalue weighted by Crippen LogP contribution is 2.65. The largest absolute Gasteiger partial charge is 0.509 e. The Morgan fingerprint density at radius 3 is 2.60 bits per heavy atom. The summed E-state index contributed by atoms with van der Waals surface area (Å²) in [5.74, 6) is -0.570. The lowest BCUT2D eigenvalue weighted by Crippen LogP contribution is -2.55. The molecule has 0 unspecified atom stereocenters. The van der Waals surface area contributed by atoms with Crippen molar-refractivity contribution >= 4 is 23.6 Å². The number of hydrogen-bond donors (Lipinski definition) is 4. The van der Waals surface area contributed by atoms with Gasteiger partial charge in [-0.3, -0.25) is 14.4 Å². The maximum Gasteiger partial charge on any atom is 0.509 e. The minimum Gasteiger partial charge on any atom is -0.427 e. The molecule has 0 saturated heterocycles. The molecule has 10 heteroatoms. The normalized spacial score (nSPS) is 33.9.